The Morgan fingerprint density at radius 1 is 1.20 bits per heavy atom. The smallest absolute Gasteiger partial charge is 0.307 e. The quantitative estimate of drug-likeness (QED) is 0.710. The first-order chi connectivity index (χ1) is 9.49. The molecule has 1 heterocycles. The van der Waals surface area contributed by atoms with Crippen LogP contribution in [0.3, 0.4) is 0 Å². The van der Waals surface area contributed by atoms with Gasteiger partial charge in [-0.05, 0) is 18.3 Å². The van der Waals surface area contributed by atoms with Crippen molar-refractivity contribution >= 4 is 17.8 Å². The summed E-state index contributed by atoms with van der Waals surface area (Å²) < 4.78 is 0. The Morgan fingerprint density at radius 3 is 2.45 bits per heavy atom. The number of fused-ring (bicyclic) bond motifs is 2. The molecule has 6 nitrogen and oxygen atoms in total. The average Bonchev–Trinajstić information content (AvgIpc) is 3.01. The number of likely N-dealkylation sites (N-methyl/N-ethyl adjacent to an activating group) is 1. The Bertz CT molecular complexity index is 501. The van der Waals surface area contributed by atoms with Crippen molar-refractivity contribution in [3.05, 3.63) is 12.2 Å². The molecule has 1 saturated carbocycles. The Labute approximate surface area is 117 Å². The third-order valence-corrected chi connectivity index (χ3v) is 4.80. The predicted molar refractivity (Wildman–Crippen MR) is 69.6 cm³/mol. The van der Waals surface area contributed by atoms with Gasteiger partial charge in [-0.1, -0.05) is 12.2 Å². The molecule has 0 spiro atoms. The Balaban J connectivity index is 1.78. The second kappa shape index (κ2) is 4.61. The molecule has 2 bridgehead atoms. The van der Waals surface area contributed by atoms with Gasteiger partial charge in [-0.3, -0.25) is 14.4 Å². The first-order valence-electron chi connectivity index (χ1n) is 6.93. The normalized spacial score (nSPS) is 35.8. The maximum Gasteiger partial charge on any atom is 0.307 e. The zero-order valence-electron chi connectivity index (χ0n) is 11.4. The van der Waals surface area contributed by atoms with Crippen LogP contribution in [0.5, 0.6) is 0 Å². The van der Waals surface area contributed by atoms with Gasteiger partial charge in [-0.25, -0.2) is 0 Å². The minimum atomic E-state index is -0.902. The molecule has 4 atom stereocenters. The van der Waals surface area contributed by atoms with Gasteiger partial charge in [0.2, 0.25) is 11.8 Å². The highest BCUT2D eigenvalue weighted by molar-refractivity contribution is 5.90. The molecule has 1 N–H and O–H groups in total. The van der Waals surface area contributed by atoms with Gasteiger partial charge in [0.25, 0.3) is 0 Å². The summed E-state index contributed by atoms with van der Waals surface area (Å²) in [6.45, 7) is 1.07. The summed E-state index contributed by atoms with van der Waals surface area (Å²) in [6, 6.07) is 0. The van der Waals surface area contributed by atoms with E-state index in [4.69, 9.17) is 0 Å². The first kappa shape index (κ1) is 13.1. The zero-order valence-corrected chi connectivity index (χ0v) is 11.4. The van der Waals surface area contributed by atoms with Crippen LogP contribution in [0.4, 0.5) is 0 Å². The monoisotopic (exact) mass is 278 g/mol. The molecule has 0 aromatic rings. The lowest BCUT2D eigenvalue weighted by Gasteiger charge is -2.35. The van der Waals surface area contributed by atoms with Gasteiger partial charge >= 0.3 is 5.97 Å². The number of allylic oxidation sites excluding steroid dienone is 2. The largest absolute Gasteiger partial charge is 0.481 e. The topological polar surface area (TPSA) is 77.9 Å². The van der Waals surface area contributed by atoms with Gasteiger partial charge in [0, 0.05) is 20.1 Å². The number of rotatable bonds is 2. The Morgan fingerprint density at radius 2 is 1.85 bits per heavy atom. The number of carboxylic acids is 1. The molecule has 2 aliphatic carbocycles. The van der Waals surface area contributed by atoms with Crippen LogP contribution in [0.25, 0.3) is 0 Å². The summed E-state index contributed by atoms with van der Waals surface area (Å²) in [5, 5.41) is 9.37. The van der Waals surface area contributed by atoms with Gasteiger partial charge in [0.1, 0.15) is 0 Å². The zero-order chi connectivity index (χ0) is 14.4. The number of amides is 2. The summed E-state index contributed by atoms with van der Waals surface area (Å²) in [4.78, 5) is 38.9. The van der Waals surface area contributed by atoms with Gasteiger partial charge in [0.15, 0.2) is 0 Å². The van der Waals surface area contributed by atoms with Crippen molar-refractivity contribution in [3.63, 3.8) is 0 Å². The standard InChI is InChI=1S/C14H18N2O4/c1-15-4-5-16(7-10(15)17)13(18)11-8-2-3-9(6-8)12(11)14(19)20/h2-3,8-9,11-12H,4-7H2,1H3,(H,19,20)/t8?,9?,11-,12+/m0/s1. The maximum absolute atomic E-state index is 12.6. The van der Waals surface area contributed by atoms with Crippen LogP contribution in [-0.2, 0) is 14.4 Å². The van der Waals surface area contributed by atoms with E-state index in [0.29, 0.717) is 13.1 Å². The van der Waals surface area contributed by atoms with Crippen LogP contribution in [0.2, 0.25) is 0 Å². The number of piperazine rings is 1. The van der Waals surface area contributed by atoms with Gasteiger partial charge in [-0.2, -0.15) is 0 Å². The maximum atomic E-state index is 12.6. The van der Waals surface area contributed by atoms with Gasteiger partial charge in [-0.15, -0.1) is 0 Å². The molecule has 3 rings (SSSR count). The summed E-state index contributed by atoms with van der Waals surface area (Å²) in [5.74, 6) is -2.31. The number of carboxylic acid groups (broad SMARTS) is 1. The van der Waals surface area contributed by atoms with Crippen LogP contribution >= 0.6 is 0 Å². The van der Waals surface area contributed by atoms with Crippen molar-refractivity contribution in [3.8, 4) is 0 Å². The fourth-order valence-electron chi connectivity index (χ4n) is 3.65. The van der Waals surface area contributed by atoms with E-state index in [-0.39, 0.29) is 30.2 Å². The van der Waals surface area contributed by atoms with Crippen molar-refractivity contribution in [2.24, 2.45) is 23.7 Å². The van der Waals surface area contributed by atoms with E-state index in [9.17, 15) is 19.5 Å². The summed E-state index contributed by atoms with van der Waals surface area (Å²) >= 11 is 0. The summed E-state index contributed by atoms with van der Waals surface area (Å²) in [6.07, 6.45) is 4.63. The van der Waals surface area contributed by atoms with E-state index >= 15 is 0 Å². The molecule has 1 aliphatic heterocycles. The number of aliphatic carboxylic acids is 1. The lowest BCUT2D eigenvalue weighted by atomic mass is 9.82. The van der Waals surface area contributed by atoms with Crippen molar-refractivity contribution in [1.29, 1.82) is 0 Å². The lowest BCUT2D eigenvalue weighted by Crippen LogP contribution is -2.53. The molecule has 108 valence electrons. The molecule has 2 amide bonds. The minimum absolute atomic E-state index is 0.0170. The van der Waals surface area contributed by atoms with E-state index < -0.39 is 17.8 Å². The summed E-state index contributed by atoms with van der Waals surface area (Å²) in [5.41, 5.74) is 0. The SMILES string of the molecule is CN1CCN(C(=O)[C@H]2C3C=CC(C3)[C@H]2C(=O)O)CC1=O. The number of hydrogen-bond acceptors (Lipinski definition) is 3. The predicted octanol–water partition coefficient (Wildman–Crippen LogP) is -0.190. The molecule has 2 unspecified atom stereocenters. The first-order valence-corrected chi connectivity index (χ1v) is 6.93. The van der Waals surface area contributed by atoms with E-state index in [1.165, 1.54) is 4.90 Å². The van der Waals surface area contributed by atoms with Gasteiger partial charge < -0.3 is 14.9 Å². The minimum Gasteiger partial charge on any atom is -0.481 e. The van der Waals surface area contributed by atoms with Crippen molar-refractivity contribution in [2.45, 2.75) is 6.42 Å². The Kier molecular flexibility index (Phi) is 3.03. The fraction of sp³-hybridized carbons (Fsp3) is 0.643. The third kappa shape index (κ3) is 1.90. The molecule has 0 aromatic carbocycles. The van der Waals surface area contributed by atoms with Crippen LogP contribution in [0, 0.1) is 23.7 Å². The summed E-state index contributed by atoms with van der Waals surface area (Å²) in [7, 11) is 1.71. The average molecular weight is 278 g/mol. The van der Waals surface area contributed by atoms with Crippen LogP contribution in [-0.4, -0.2) is 59.4 Å². The van der Waals surface area contributed by atoms with Crippen LogP contribution in [0.1, 0.15) is 6.42 Å². The fourth-order valence-corrected chi connectivity index (χ4v) is 3.65. The molecule has 6 heteroatoms. The number of carbonyl (C=O) groups excluding carboxylic acids is 2. The number of hydrogen-bond donors (Lipinski definition) is 1. The van der Waals surface area contributed by atoms with Gasteiger partial charge in [0.05, 0.1) is 18.4 Å². The molecular weight excluding hydrogens is 260 g/mol. The van der Waals surface area contributed by atoms with Crippen molar-refractivity contribution in [2.75, 3.05) is 26.7 Å². The van der Waals surface area contributed by atoms with E-state index in [1.807, 2.05) is 12.2 Å². The molecule has 2 fully saturated rings. The van der Waals surface area contributed by atoms with E-state index in [1.54, 1.807) is 11.9 Å². The van der Waals surface area contributed by atoms with E-state index in [0.717, 1.165) is 6.42 Å². The highest BCUT2D eigenvalue weighted by Crippen LogP contribution is 2.48. The second-order valence-corrected chi connectivity index (χ2v) is 5.91. The van der Waals surface area contributed by atoms with Crippen molar-refractivity contribution < 1.29 is 19.5 Å². The molecule has 1 saturated heterocycles. The Hall–Kier alpha value is -1.85. The molecular formula is C14H18N2O4. The van der Waals surface area contributed by atoms with Crippen molar-refractivity contribution in [1.82, 2.24) is 9.80 Å². The second-order valence-electron chi connectivity index (χ2n) is 5.91. The molecule has 20 heavy (non-hydrogen) atoms. The van der Waals surface area contributed by atoms with E-state index in [2.05, 4.69) is 0 Å². The highest BCUT2D eigenvalue weighted by Gasteiger charge is 2.52. The van der Waals surface area contributed by atoms with Crippen LogP contribution in [0.15, 0.2) is 12.2 Å². The number of carbonyl (C=O) groups is 3. The van der Waals surface area contributed by atoms with Crippen LogP contribution < -0.4 is 0 Å². The molecule has 3 aliphatic rings. The highest BCUT2D eigenvalue weighted by atomic mass is 16.4. The molecule has 0 aromatic heterocycles. The number of nitrogens with zero attached hydrogens (tertiary/aromatic N) is 2. The molecule has 0 radical (unpaired) electrons. The lowest BCUT2D eigenvalue weighted by molar-refractivity contribution is -0.154. The third-order valence-electron chi connectivity index (χ3n) is 4.80.